The number of alkyl halides is 3. The van der Waals surface area contributed by atoms with Crippen molar-refractivity contribution in [1.82, 2.24) is 4.90 Å². The number of nitrogens with zero attached hydrogens (tertiary/aromatic N) is 4. The number of carbonyl (C=O) groups is 1. The minimum Gasteiger partial charge on any atom is -0.497 e. The first kappa shape index (κ1) is 23.0. The number of hydrogen-bond donors (Lipinski definition) is 0. The Morgan fingerprint density at radius 1 is 1.09 bits per heavy atom. The molecular formula is C23H21F3N4O2S. The highest BCUT2D eigenvalue weighted by atomic mass is 32.1. The van der Waals surface area contributed by atoms with Crippen molar-refractivity contribution in [3.8, 4) is 11.8 Å². The predicted octanol–water partition coefficient (Wildman–Crippen LogP) is 4.19. The summed E-state index contributed by atoms with van der Waals surface area (Å²) in [5, 5.41) is 9.22. The zero-order valence-corrected chi connectivity index (χ0v) is 18.8. The Morgan fingerprint density at radius 3 is 2.24 bits per heavy atom. The molecule has 0 N–H and O–H groups in total. The second-order valence-electron chi connectivity index (χ2n) is 8.13. The van der Waals surface area contributed by atoms with Gasteiger partial charge in [-0.3, -0.25) is 9.69 Å². The van der Waals surface area contributed by atoms with E-state index in [1.54, 1.807) is 42.3 Å². The van der Waals surface area contributed by atoms with Crippen LogP contribution in [-0.4, -0.2) is 48.7 Å². The number of carbonyl (C=O) groups excluding carboxylic acids is 1. The molecule has 0 atom stereocenters. The monoisotopic (exact) mass is 474 g/mol. The zero-order valence-electron chi connectivity index (χ0n) is 18.0. The molecule has 2 aromatic carbocycles. The Bertz CT molecular complexity index is 1140. The number of piperidine rings is 1. The second-order valence-corrected chi connectivity index (χ2v) is 8.50. The third-order valence-corrected chi connectivity index (χ3v) is 6.61. The molecule has 4 rings (SSSR count). The van der Waals surface area contributed by atoms with Gasteiger partial charge in [-0.05, 0) is 74.6 Å². The summed E-state index contributed by atoms with van der Waals surface area (Å²) in [7, 11) is 3.50. The predicted molar refractivity (Wildman–Crippen MR) is 121 cm³/mol. The van der Waals surface area contributed by atoms with E-state index < -0.39 is 22.8 Å². The van der Waals surface area contributed by atoms with Crippen LogP contribution in [0.5, 0.6) is 5.75 Å². The van der Waals surface area contributed by atoms with Gasteiger partial charge in [0, 0.05) is 18.8 Å². The summed E-state index contributed by atoms with van der Waals surface area (Å²) in [6, 6.07) is 11.8. The summed E-state index contributed by atoms with van der Waals surface area (Å²) in [4.78, 5) is 18.8. The highest BCUT2D eigenvalue weighted by molar-refractivity contribution is 7.81. The molecule has 0 bridgehead atoms. The van der Waals surface area contributed by atoms with E-state index in [0.717, 1.165) is 12.1 Å². The van der Waals surface area contributed by atoms with Crippen molar-refractivity contribution in [2.24, 2.45) is 0 Å². The van der Waals surface area contributed by atoms with E-state index in [4.69, 9.17) is 22.2 Å². The van der Waals surface area contributed by atoms with E-state index in [9.17, 15) is 18.0 Å². The van der Waals surface area contributed by atoms with Crippen LogP contribution in [0.4, 0.5) is 24.5 Å². The number of ether oxygens (including phenoxy) is 1. The van der Waals surface area contributed by atoms with E-state index >= 15 is 0 Å². The van der Waals surface area contributed by atoms with Crippen molar-refractivity contribution in [2.45, 2.75) is 24.6 Å². The van der Waals surface area contributed by atoms with Crippen molar-refractivity contribution in [3.05, 3.63) is 53.6 Å². The van der Waals surface area contributed by atoms with Crippen molar-refractivity contribution in [3.63, 3.8) is 0 Å². The van der Waals surface area contributed by atoms with Gasteiger partial charge in [0.25, 0.3) is 5.91 Å². The fourth-order valence-electron chi connectivity index (χ4n) is 4.42. The van der Waals surface area contributed by atoms with Crippen LogP contribution in [0.2, 0.25) is 0 Å². The third kappa shape index (κ3) is 3.81. The Labute approximate surface area is 194 Å². The maximum atomic E-state index is 13.8. The molecule has 2 aliphatic heterocycles. The van der Waals surface area contributed by atoms with Gasteiger partial charge in [0.1, 0.15) is 11.3 Å². The Morgan fingerprint density at radius 2 is 1.70 bits per heavy atom. The molecule has 0 aliphatic carbocycles. The number of methoxy groups -OCH3 is 1. The lowest BCUT2D eigenvalue weighted by atomic mass is 9.85. The molecule has 0 aromatic heterocycles. The summed E-state index contributed by atoms with van der Waals surface area (Å²) in [6.45, 7) is 1.27. The fraction of sp³-hybridized carbons (Fsp3) is 0.348. The van der Waals surface area contributed by atoms with Crippen LogP contribution in [0.15, 0.2) is 42.5 Å². The van der Waals surface area contributed by atoms with Gasteiger partial charge in [-0.25, -0.2) is 0 Å². The van der Waals surface area contributed by atoms with Gasteiger partial charge >= 0.3 is 6.18 Å². The largest absolute Gasteiger partial charge is 0.497 e. The van der Waals surface area contributed by atoms with Crippen LogP contribution in [0, 0.1) is 11.3 Å². The summed E-state index contributed by atoms with van der Waals surface area (Å²) < 4.78 is 46.0. The van der Waals surface area contributed by atoms with E-state index in [2.05, 4.69) is 4.90 Å². The molecule has 1 amide bonds. The average molecular weight is 475 g/mol. The minimum absolute atomic E-state index is 0.00867. The number of thiocarbonyl (C=S) groups is 1. The molecule has 2 saturated heterocycles. The maximum absolute atomic E-state index is 13.8. The summed E-state index contributed by atoms with van der Waals surface area (Å²) in [5.41, 5.74) is -1.97. The quantitative estimate of drug-likeness (QED) is 0.622. The fourth-order valence-corrected chi connectivity index (χ4v) is 4.89. The van der Waals surface area contributed by atoms with Crippen LogP contribution in [0.1, 0.15) is 24.0 Å². The molecule has 0 saturated carbocycles. The van der Waals surface area contributed by atoms with Gasteiger partial charge in [0.05, 0.1) is 30.0 Å². The highest BCUT2D eigenvalue weighted by Gasteiger charge is 2.57. The van der Waals surface area contributed by atoms with Gasteiger partial charge in [0.2, 0.25) is 0 Å². The average Bonchev–Trinajstić information content (AvgIpc) is 3.01. The minimum atomic E-state index is -4.74. The number of nitriles is 1. The second kappa shape index (κ2) is 8.32. The molecule has 1 spiro atoms. The van der Waals surface area contributed by atoms with E-state index in [1.807, 2.05) is 7.05 Å². The topological polar surface area (TPSA) is 59.8 Å². The molecule has 0 unspecified atom stereocenters. The third-order valence-electron chi connectivity index (χ3n) is 6.24. The van der Waals surface area contributed by atoms with Gasteiger partial charge in [-0.15, -0.1) is 0 Å². The van der Waals surface area contributed by atoms with Crippen LogP contribution in [0.25, 0.3) is 0 Å². The van der Waals surface area contributed by atoms with Gasteiger partial charge in [0.15, 0.2) is 5.11 Å². The molecule has 2 aromatic rings. The van der Waals surface area contributed by atoms with E-state index in [1.165, 1.54) is 11.0 Å². The molecule has 2 fully saturated rings. The Kier molecular flexibility index (Phi) is 5.80. The van der Waals surface area contributed by atoms with Crippen molar-refractivity contribution >= 4 is 34.6 Å². The van der Waals surface area contributed by atoms with Crippen molar-refractivity contribution in [1.29, 1.82) is 5.26 Å². The normalized spacial score (nSPS) is 18.7. The molecule has 33 heavy (non-hydrogen) atoms. The molecule has 10 heteroatoms. The van der Waals surface area contributed by atoms with Crippen molar-refractivity contribution in [2.75, 3.05) is 37.0 Å². The first-order chi connectivity index (χ1) is 15.6. The van der Waals surface area contributed by atoms with Gasteiger partial charge in [-0.1, -0.05) is 0 Å². The lowest BCUT2D eigenvalue weighted by Crippen LogP contribution is -2.56. The molecule has 2 heterocycles. The highest BCUT2D eigenvalue weighted by Crippen LogP contribution is 2.44. The maximum Gasteiger partial charge on any atom is 0.417 e. The summed E-state index contributed by atoms with van der Waals surface area (Å²) in [6.07, 6.45) is -3.81. The number of anilines is 2. The van der Waals surface area contributed by atoms with Crippen LogP contribution < -0.4 is 14.5 Å². The SMILES string of the molecule is COc1ccc(N2C(=S)N(c3ccc(C#N)c(C(F)(F)F)c3)C(=O)C23CCN(C)CC3)cc1. The van der Waals surface area contributed by atoms with E-state index in [0.29, 0.717) is 37.4 Å². The lowest BCUT2D eigenvalue weighted by molar-refractivity contribution is -0.137. The number of benzene rings is 2. The molecule has 2 aliphatic rings. The number of amides is 1. The summed E-state index contributed by atoms with van der Waals surface area (Å²) in [5.74, 6) is 0.264. The number of halogens is 3. The smallest absolute Gasteiger partial charge is 0.417 e. The summed E-state index contributed by atoms with van der Waals surface area (Å²) >= 11 is 5.69. The molecular weight excluding hydrogens is 453 g/mol. The number of hydrogen-bond acceptors (Lipinski definition) is 5. The van der Waals surface area contributed by atoms with Gasteiger partial charge < -0.3 is 14.5 Å². The van der Waals surface area contributed by atoms with Crippen LogP contribution >= 0.6 is 12.2 Å². The number of rotatable bonds is 3. The van der Waals surface area contributed by atoms with E-state index in [-0.39, 0.29) is 16.7 Å². The molecule has 6 nitrogen and oxygen atoms in total. The zero-order chi connectivity index (χ0) is 24.0. The Balaban J connectivity index is 1.84. The first-order valence-electron chi connectivity index (χ1n) is 10.2. The molecule has 0 radical (unpaired) electrons. The van der Waals surface area contributed by atoms with Gasteiger partial charge in [-0.2, -0.15) is 18.4 Å². The number of likely N-dealkylation sites (tertiary alicyclic amines) is 1. The van der Waals surface area contributed by atoms with Crippen LogP contribution in [0.3, 0.4) is 0 Å². The Hall–Kier alpha value is -3.16. The van der Waals surface area contributed by atoms with Crippen LogP contribution in [-0.2, 0) is 11.0 Å². The molecule has 172 valence electrons. The first-order valence-corrected chi connectivity index (χ1v) is 10.7. The standard InChI is InChI=1S/C23H21F3N4O2S/c1-28-11-9-22(10-12-28)20(31)29(17-4-3-15(14-27)19(13-17)23(24,25)26)21(33)30(22)16-5-7-18(32-2)8-6-16/h3-8,13H,9-12H2,1-2H3. The lowest BCUT2D eigenvalue weighted by Gasteiger charge is -2.41. The van der Waals surface area contributed by atoms with Crippen molar-refractivity contribution < 1.29 is 22.7 Å².